The Morgan fingerprint density at radius 3 is 2.84 bits per heavy atom. The van der Waals surface area contributed by atoms with E-state index < -0.39 is 0 Å². The Morgan fingerprint density at radius 2 is 2.21 bits per heavy atom. The maximum absolute atomic E-state index is 12.1. The Labute approximate surface area is 125 Å². The number of amides is 1. The second kappa shape index (κ2) is 7.65. The highest BCUT2D eigenvalue weighted by molar-refractivity contribution is 7.99. The van der Waals surface area contributed by atoms with Crippen LogP contribution in [-0.2, 0) is 11.2 Å². The van der Waals surface area contributed by atoms with Crippen molar-refractivity contribution in [3.8, 4) is 0 Å². The fourth-order valence-corrected chi connectivity index (χ4v) is 3.48. The molecule has 1 fully saturated rings. The molecule has 106 valence electrons. The number of hydrogen-bond donors (Lipinski definition) is 1. The van der Waals surface area contributed by atoms with Crippen LogP contribution in [0.2, 0.25) is 0 Å². The number of hydrogen-bond acceptors (Lipinski definition) is 3. The molecular formula is C14H21ClN2OS. The Kier molecular flexibility index (Phi) is 6.52. The number of nitrogen functional groups attached to an aromatic ring is 1. The van der Waals surface area contributed by atoms with Crippen molar-refractivity contribution in [2.24, 2.45) is 0 Å². The zero-order chi connectivity index (χ0) is 13.0. The molecule has 3 nitrogen and oxygen atoms in total. The normalized spacial score (nSPS) is 17.8. The van der Waals surface area contributed by atoms with Crippen LogP contribution in [0.25, 0.3) is 0 Å². The Balaban J connectivity index is 0.00000180. The minimum Gasteiger partial charge on any atom is -0.399 e. The van der Waals surface area contributed by atoms with Gasteiger partial charge in [-0.1, -0.05) is 18.2 Å². The third kappa shape index (κ3) is 4.32. The lowest BCUT2D eigenvalue weighted by Crippen LogP contribution is -2.37. The lowest BCUT2D eigenvalue weighted by Gasteiger charge is -2.23. The molecule has 1 heterocycles. The van der Waals surface area contributed by atoms with Crippen molar-refractivity contribution in [2.75, 3.05) is 24.3 Å². The fraction of sp³-hybridized carbons (Fsp3) is 0.500. The standard InChI is InChI=1S/C14H20N2OS.ClH/c1-16(12-8-9-18-10-12)14(17)7-6-11-4-2-3-5-13(11)15;/h2-5,12H,6-10,15H2,1H3;1H. The lowest BCUT2D eigenvalue weighted by atomic mass is 10.1. The second-order valence-corrected chi connectivity index (χ2v) is 5.87. The van der Waals surface area contributed by atoms with E-state index in [9.17, 15) is 4.79 Å². The number of nitrogens with zero attached hydrogens (tertiary/aromatic N) is 1. The Bertz CT molecular complexity index is 422. The number of aryl methyl sites for hydroxylation is 1. The predicted molar refractivity (Wildman–Crippen MR) is 84.9 cm³/mol. The van der Waals surface area contributed by atoms with E-state index in [0.717, 1.165) is 29.8 Å². The summed E-state index contributed by atoms with van der Waals surface area (Å²) in [5.41, 5.74) is 7.73. The van der Waals surface area contributed by atoms with Gasteiger partial charge < -0.3 is 10.6 Å². The largest absolute Gasteiger partial charge is 0.399 e. The van der Waals surface area contributed by atoms with E-state index in [0.29, 0.717) is 12.5 Å². The number of rotatable bonds is 4. The first-order valence-electron chi connectivity index (χ1n) is 6.35. The highest BCUT2D eigenvalue weighted by Crippen LogP contribution is 2.22. The van der Waals surface area contributed by atoms with E-state index >= 15 is 0 Å². The Hall–Kier alpha value is -0.870. The van der Waals surface area contributed by atoms with Gasteiger partial charge in [0, 0.05) is 31.0 Å². The average molecular weight is 301 g/mol. The molecule has 2 rings (SSSR count). The molecule has 0 aromatic heterocycles. The van der Waals surface area contributed by atoms with Crippen LogP contribution in [0.5, 0.6) is 0 Å². The molecule has 1 amide bonds. The summed E-state index contributed by atoms with van der Waals surface area (Å²) in [6.45, 7) is 0. The van der Waals surface area contributed by atoms with Crippen LogP contribution in [0.1, 0.15) is 18.4 Å². The molecule has 5 heteroatoms. The van der Waals surface area contributed by atoms with E-state index in [1.54, 1.807) is 0 Å². The average Bonchev–Trinajstić information content (AvgIpc) is 2.90. The summed E-state index contributed by atoms with van der Waals surface area (Å²) in [5.74, 6) is 2.48. The van der Waals surface area contributed by atoms with E-state index in [1.165, 1.54) is 5.75 Å². The molecule has 19 heavy (non-hydrogen) atoms. The SMILES string of the molecule is CN(C(=O)CCc1ccccc1N)C1CCSC1.Cl. The number of anilines is 1. The maximum Gasteiger partial charge on any atom is 0.222 e. The highest BCUT2D eigenvalue weighted by atomic mass is 35.5. The first-order valence-corrected chi connectivity index (χ1v) is 7.50. The molecule has 2 N–H and O–H groups in total. The van der Waals surface area contributed by atoms with Gasteiger partial charge in [0.1, 0.15) is 0 Å². The number of thioether (sulfide) groups is 1. The van der Waals surface area contributed by atoms with Gasteiger partial charge in [-0.15, -0.1) is 12.4 Å². The van der Waals surface area contributed by atoms with Gasteiger partial charge in [0.15, 0.2) is 0 Å². The van der Waals surface area contributed by atoms with E-state index in [2.05, 4.69) is 0 Å². The fourth-order valence-electron chi connectivity index (χ4n) is 2.21. The third-order valence-electron chi connectivity index (χ3n) is 3.51. The highest BCUT2D eigenvalue weighted by Gasteiger charge is 2.23. The van der Waals surface area contributed by atoms with Gasteiger partial charge in [0.2, 0.25) is 5.91 Å². The Morgan fingerprint density at radius 1 is 1.47 bits per heavy atom. The molecule has 1 aromatic rings. The van der Waals surface area contributed by atoms with Crippen LogP contribution < -0.4 is 5.73 Å². The summed E-state index contributed by atoms with van der Waals surface area (Å²) in [6, 6.07) is 8.19. The summed E-state index contributed by atoms with van der Waals surface area (Å²) < 4.78 is 0. The van der Waals surface area contributed by atoms with Crippen LogP contribution in [0, 0.1) is 0 Å². The molecule has 1 atom stereocenters. The van der Waals surface area contributed by atoms with Crippen LogP contribution in [-0.4, -0.2) is 35.4 Å². The zero-order valence-corrected chi connectivity index (χ0v) is 12.8. The van der Waals surface area contributed by atoms with Crippen molar-refractivity contribution in [3.05, 3.63) is 29.8 Å². The van der Waals surface area contributed by atoms with Crippen LogP contribution in [0.15, 0.2) is 24.3 Å². The number of halogens is 1. The van der Waals surface area contributed by atoms with Crippen molar-refractivity contribution < 1.29 is 4.79 Å². The number of para-hydroxylation sites is 1. The van der Waals surface area contributed by atoms with E-state index in [-0.39, 0.29) is 18.3 Å². The van der Waals surface area contributed by atoms with Crippen molar-refractivity contribution in [1.82, 2.24) is 4.90 Å². The van der Waals surface area contributed by atoms with Gasteiger partial charge in [-0.25, -0.2) is 0 Å². The monoisotopic (exact) mass is 300 g/mol. The maximum atomic E-state index is 12.1. The van der Waals surface area contributed by atoms with Gasteiger partial charge in [-0.3, -0.25) is 4.79 Å². The van der Waals surface area contributed by atoms with Gasteiger partial charge in [0.25, 0.3) is 0 Å². The molecule has 1 aromatic carbocycles. The van der Waals surface area contributed by atoms with Crippen LogP contribution in [0.3, 0.4) is 0 Å². The summed E-state index contributed by atoms with van der Waals surface area (Å²) >= 11 is 1.93. The molecule has 1 aliphatic rings. The zero-order valence-electron chi connectivity index (χ0n) is 11.2. The quantitative estimate of drug-likeness (QED) is 0.870. The summed E-state index contributed by atoms with van der Waals surface area (Å²) in [5, 5.41) is 0. The van der Waals surface area contributed by atoms with E-state index in [4.69, 9.17) is 5.73 Å². The van der Waals surface area contributed by atoms with Gasteiger partial charge in [-0.2, -0.15) is 11.8 Å². The first-order chi connectivity index (χ1) is 8.68. The number of benzene rings is 1. The number of carbonyl (C=O) groups excluding carboxylic acids is 1. The molecule has 0 radical (unpaired) electrons. The number of carbonyl (C=O) groups is 1. The van der Waals surface area contributed by atoms with Crippen LogP contribution in [0.4, 0.5) is 5.69 Å². The third-order valence-corrected chi connectivity index (χ3v) is 4.65. The molecule has 1 saturated heterocycles. The molecule has 1 aliphatic heterocycles. The molecule has 0 bridgehead atoms. The predicted octanol–water partition coefficient (Wildman–Crippen LogP) is 2.59. The van der Waals surface area contributed by atoms with Gasteiger partial charge in [0.05, 0.1) is 0 Å². The van der Waals surface area contributed by atoms with E-state index in [1.807, 2.05) is 48.0 Å². The summed E-state index contributed by atoms with van der Waals surface area (Å²) in [6.07, 6.45) is 2.40. The second-order valence-electron chi connectivity index (χ2n) is 4.72. The smallest absolute Gasteiger partial charge is 0.222 e. The van der Waals surface area contributed by atoms with Gasteiger partial charge in [-0.05, 0) is 30.2 Å². The minimum absolute atomic E-state index is 0. The molecule has 0 saturated carbocycles. The van der Waals surface area contributed by atoms with Crippen molar-refractivity contribution in [1.29, 1.82) is 0 Å². The topological polar surface area (TPSA) is 46.3 Å². The lowest BCUT2D eigenvalue weighted by molar-refractivity contribution is -0.131. The molecular weight excluding hydrogens is 280 g/mol. The van der Waals surface area contributed by atoms with Crippen molar-refractivity contribution >= 4 is 35.8 Å². The van der Waals surface area contributed by atoms with Gasteiger partial charge >= 0.3 is 0 Å². The number of nitrogens with two attached hydrogens (primary N) is 1. The van der Waals surface area contributed by atoms with Crippen molar-refractivity contribution in [3.63, 3.8) is 0 Å². The minimum atomic E-state index is 0. The molecule has 0 spiro atoms. The van der Waals surface area contributed by atoms with Crippen molar-refractivity contribution in [2.45, 2.75) is 25.3 Å². The first kappa shape index (κ1) is 16.2. The van der Waals surface area contributed by atoms with Crippen LogP contribution >= 0.6 is 24.2 Å². The molecule has 0 aliphatic carbocycles. The summed E-state index contributed by atoms with van der Waals surface area (Å²) in [4.78, 5) is 14.0. The molecule has 1 unspecified atom stereocenters. The summed E-state index contributed by atoms with van der Waals surface area (Å²) in [7, 11) is 1.92.